The van der Waals surface area contributed by atoms with Crippen molar-refractivity contribution in [2.75, 3.05) is 5.32 Å². The third-order valence-corrected chi connectivity index (χ3v) is 6.76. The van der Waals surface area contributed by atoms with Crippen LogP contribution in [-0.2, 0) is 10.2 Å². The van der Waals surface area contributed by atoms with Gasteiger partial charge in [-0.3, -0.25) is 4.79 Å². The minimum Gasteiger partial charge on any atom is -0.300 e. The molecule has 0 spiro atoms. The molecule has 1 aromatic rings. The molecule has 0 aromatic carbocycles. The number of nitrogens with one attached hydrogen (secondary N) is 1. The van der Waals surface area contributed by atoms with Crippen molar-refractivity contribution >= 4 is 22.4 Å². The van der Waals surface area contributed by atoms with E-state index >= 15 is 0 Å². The van der Waals surface area contributed by atoms with Gasteiger partial charge in [-0.15, -0.1) is 10.2 Å². The lowest BCUT2D eigenvalue weighted by atomic mass is 9.50. The van der Waals surface area contributed by atoms with E-state index in [1.54, 1.807) is 11.3 Å². The van der Waals surface area contributed by atoms with E-state index in [-0.39, 0.29) is 17.2 Å². The van der Waals surface area contributed by atoms with Crippen molar-refractivity contribution in [1.29, 1.82) is 0 Å². The van der Waals surface area contributed by atoms with E-state index in [1.165, 1.54) is 43.5 Å². The summed E-state index contributed by atoms with van der Waals surface area (Å²) in [5.41, 5.74) is 0.285. The van der Waals surface area contributed by atoms with Gasteiger partial charge in [-0.05, 0) is 56.3 Å². The average molecular weight is 305 g/mol. The van der Waals surface area contributed by atoms with Crippen LogP contribution in [0.4, 0.5) is 5.13 Å². The van der Waals surface area contributed by atoms with Crippen molar-refractivity contribution in [3.63, 3.8) is 0 Å². The Morgan fingerprint density at radius 2 is 1.71 bits per heavy atom. The van der Waals surface area contributed by atoms with Gasteiger partial charge in [0.1, 0.15) is 5.01 Å². The third kappa shape index (κ3) is 2.30. The predicted octanol–water partition coefficient (Wildman–Crippen LogP) is 3.60. The molecule has 1 N–H and O–H groups in total. The number of carbonyl (C=O) groups is 1. The summed E-state index contributed by atoms with van der Waals surface area (Å²) in [7, 11) is 0. The zero-order valence-electron chi connectivity index (χ0n) is 12.8. The first-order valence-corrected chi connectivity index (χ1v) is 9.00. The molecule has 0 radical (unpaired) electrons. The number of amides is 1. The van der Waals surface area contributed by atoms with Crippen LogP contribution in [0, 0.1) is 23.7 Å². The molecule has 5 rings (SSSR count). The van der Waals surface area contributed by atoms with Gasteiger partial charge in [-0.1, -0.05) is 25.2 Å². The Bertz CT molecular complexity index is 530. The molecule has 21 heavy (non-hydrogen) atoms. The van der Waals surface area contributed by atoms with Gasteiger partial charge in [0.05, 0.1) is 0 Å². The van der Waals surface area contributed by atoms with Crippen LogP contribution >= 0.6 is 11.3 Å². The normalized spacial score (nSPS) is 37.2. The highest BCUT2D eigenvalue weighted by atomic mass is 32.1. The molecular formula is C16H23N3OS. The van der Waals surface area contributed by atoms with Gasteiger partial charge in [-0.25, -0.2) is 0 Å². The average Bonchev–Trinajstić information content (AvgIpc) is 2.86. The molecule has 5 heteroatoms. The van der Waals surface area contributed by atoms with Crippen molar-refractivity contribution < 1.29 is 4.79 Å². The summed E-state index contributed by atoms with van der Waals surface area (Å²) in [6.07, 6.45) is 8.21. The number of anilines is 1. The largest absolute Gasteiger partial charge is 0.300 e. The smallest absolute Gasteiger partial charge is 0.228 e. The maximum absolute atomic E-state index is 11.8. The molecular weight excluding hydrogens is 282 g/mol. The molecule has 4 nitrogen and oxygen atoms in total. The van der Waals surface area contributed by atoms with E-state index < -0.39 is 0 Å². The van der Waals surface area contributed by atoms with Gasteiger partial charge in [-0.2, -0.15) is 0 Å². The Labute approximate surface area is 129 Å². The molecule has 0 unspecified atom stereocenters. The van der Waals surface area contributed by atoms with Crippen LogP contribution in [0.5, 0.6) is 0 Å². The molecule has 114 valence electrons. The Balaban J connectivity index is 1.57. The van der Waals surface area contributed by atoms with Gasteiger partial charge >= 0.3 is 0 Å². The lowest BCUT2D eigenvalue weighted by Gasteiger charge is -2.55. The number of hydrogen-bond donors (Lipinski definition) is 1. The van der Waals surface area contributed by atoms with Crippen LogP contribution in [0.3, 0.4) is 0 Å². The van der Waals surface area contributed by atoms with Crippen molar-refractivity contribution in [3.05, 3.63) is 5.01 Å². The molecule has 4 saturated carbocycles. The zero-order chi connectivity index (χ0) is 14.6. The summed E-state index contributed by atoms with van der Waals surface area (Å²) in [4.78, 5) is 11.8. The first-order valence-electron chi connectivity index (χ1n) is 8.19. The van der Waals surface area contributed by atoms with Crippen molar-refractivity contribution in [3.8, 4) is 0 Å². The highest BCUT2D eigenvalue weighted by Gasteiger charge is 2.53. The molecule has 0 atom stereocenters. The zero-order valence-corrected chi connectivity index (χ0v) is 13.6. The van der Waals surface area contributed by atoms with Crippen molar-refractivity contribution in [2.45, 2.75) is 57.8 Å². The summed E-state index contributed by atoms with van der Waals surface area (Å²) in [5.74, 6) is 2.75. The van der Waals surface area contributed by atoms with Crippen molar-refractivity contribution in [1.82, 2.24) is 10.2 Å². The van der Waals surface area contributed by atoms with Crippen LogP contribution in [0.15, 0.2) is 0 Å². The third-order valence-electron chi connectivity index (χ3n) is 5.67. The summed E-state index contributed by atoms with van der Waals surface area (Å²) in [5, 5.41) is 13.5. The van der Waals surface area contributed by atoms with E-state index in [1.807, 2.05) is 13.8 Å². The molecule has 1 heterocycles. The van der Waals surface area contributed by atoms with Crippen molar-refractivity contribution in [2.24, 2.45) is 23.7 Å². The molecule has 4 fully saturated rings. The minimum absolute atomic E-state index is 0.0168. The maximum Gasteiger partial charge on any atom is 0.228 e. The van der Waals surface area contributed by atoms with Gasteiger partial charge in [0.2, 0.25) is 11.0 Å². The first kappa shape index (κ1) is 13.7. The summed E-state index contributed by atoms with van der Waals surface area (Å²) >= 11 is 1.61. The molecule has 1 amide bonds. The second-order valence-electron chi connectivity index (χ2n) is 7.75. The quantitative estimate of drug-likeness (QED) is 0.928. The van der Waals surface area contributed by atoms with Gasteiger partial charge in [0.25, 0.3) is 0 Å². The van der Waals surface area contributed by atoms with Gasteiger partial charge in [0, 0.05) is 11.3 Å². The fourth-order valence-corrected chi connectivity index (χ4v) is 6.07. The minimum atomic E-state index is -0.0168. The highest BCUT2D eigenvalue weighted by molar-refractivity contribution is 7.15. The molecule has 0 aliphatic heterocycles. The van der Waals surface area contributed by atoms with E-state index in [2.05, 4.69) is 15.5 Å². The summed E-state index contributed by atoms with van der Waals surface area (Å²) in [6, 6.07) is 0. The van der Waals surface area contributed by atoms with Crippen LogP contribution in [-0.4, -0.2) is 16.1 Å². The predicted molar refractivity (Wildman–Crippen MR) is 83.2 cm³/mol. The summed E-state index contributed by atoms with van der Waals surface area (Å²) < 4.78 is 0. The Morgan fingerprint density at radius 1 is 1.14 bits per heavy atom. The van der Waals surface area contributed by atoms with Crippen LogP contribution in [0.25, 0.3) is 0 Å². The lowest BCUT2D eigenvalue weighted by molar-refractivity contribution is -0.118. The number of aromatic nitrogens is 2. The highest BCUT2D eigenvalue weighted by Crippen LogP contribution is 2.61. The van der Waals surface area contributed by atoms with E-state index in [4.69, 9.17) is 0 Å². The molecule has 4 bridgehead atoms. The monoisotopic (exact) mass is 305 g/mol. The Morgan fingerprint density at radius 3 is 2.24 bits per heavy atom. The molecule has 4 aliphatic rings. The molecule has 4 aliphatic carbocycles. The second kappa shape index (κ2) is 4.77. The SMILES string of the molecule is CC(C)C(=O)Nc1nnc(C23CC4CC(CC(C4)C2)C3)s1. The lowest BCUT2D eigenvalue weighted by Crippen LogP contribution is -2.48. The number of rotatable bonds is 3. The Kier molecular flexibility index (Phi) is 3.10. The fraction of sp³-hybridized carbons (Fsp3) is 0.812. The standard InChI is InChI=1S/C16H23N3OS/c1-9(2)13(20)17-15-19-18-14(21-15)16-6-10-3-11(7-16)5-12(4-10)8-16/h9-12H,3-8H2,1-2H3,(H,17,19,20). The summed E-state index contributed by atoms with van der Waals surface area (Å²) in [6.45, 7) is 3.80. The number of nitrogens with zero attached hydrogens (tertiary/aromatic N) is 2. The first-order chi connectivity index (χ1) is 10.0. The number of carbonyl (C=O) groups excluding carboxylic acids is 1. The second-order valence-corrected chi connectivity index (χ2v) is 8.73. The Hall–Kier alpha value is -0.970. The van der Waals surface area contributed by atoms with Gasteiger partial charge in [0.15, 0.2) is 0 Å². The number of hydrogen-bond acceptors (Lipinski definition) is 4. The fourth-order valence-electron chi connectivity index (χ4n) is 5.11. The van der Waals surface area contributed by atoms with E-state index in [0.29, 0.717) is 5.13 Å². The van der Waals surface area contributed by atoms with Crippen LogP contribution in [0.2, 0.25) is 0 Å². The topological polar surface area (TPSA) is 54.9 Å². The van der Waals surface area contributed by atoms with Gasteiger partial charge < -0.3 is 5.32 Å². The van der Waals surface area contributed by atoms with Crippen LogP contribution < -0.4 is 5.32 Å². The molecule has 0 saturated heterocycles. The van der Waals surface area contributed by atoms with E-state index in [0.717, 1.165) is 17.8 Å². The molecule has 1 aromatic heterocycles. The van der Waals surface area contributed by atoms with Crippen LogP contribution in [0.1, 0.15) is 57.4 Å². The van der Waals surface area contributed by atoms with E-state index in [9.17, 15) is 4.79 Å². The maximum atomic E-state index is 11.8.